The molecule has 2 aromatic carbocycles. The number of amides is 1. The lowest BCUT2D eigenvalue weighted by atomic mass is 9.96. The maximum absolute atomic E-state index is 13.6. The van der Waals surface area contributed by atoms with Crippen molar-refractivity contribution < 1.29 is 29.0 Å². The standard InChI is InChI=1S/C26H32N4O6/c1-30(25(32)18-7-5-17(6-8-18)24(27)28)21(15-16-3-9-19(35-2)10-4-16)22(31)23(26(33)34)36-20-11-13-29-14-12-20/h3-10,20-21,23,29H,11-15H2,1-2H3,(H3,27,28)(H,33,34). The third-order valence-corrected chi connectivity index (χ3v) is 6.24. The Labute approximate surface area is 209 Å². The Hall–Kier alpha value is -3.76. The quantitative estimate of drug-likeness (QED) is 0.207. The summed E-state index contributed by atoms with van der Waals surface area (Å²) in [6.45, 7) is 1.35. The van der Waals surface area contributed by atoms with Crippen molar-refractivity contribution in [3.63, 3.8) is 0 Å². The van der Waals surface area contributed by atoms with Gasteiger partial charge in [-0.05, 0) is 55.8 Å². The Bertz CT molecular complexity index is 1080. The van der Waals surface area contributed by atoms with Crippen LogP contribution in [-0.4, -0.2) is 79.0 Å². The number of ketones is 1. The summed E-state index contributed by atoms with van der Waals surface area (Å²) in [4.78, 5) is 40.3. The molecule has 0 spiro atoms. The summed E-state index contributed by atoms with van der Waals surface area (Å²) in [5, 5.41) is 20.6. The van der Waals surface area contributed by atoms with E-state index in [9.17, 15) is 19.5 Å². The number of hydrogen-bond acceptors (Lipinski definition) is 7. The molecular weight excluding hydrogens is 464 g/mol. The van der Waals surface area contributed by atoms with Gasteiger partial charge in [0.05, 0.1) is 19.3 Å². The number of piperidine rings is 1. The number of carboxylic acid groups (broad SMARTS) is 1. The summed E-state index contributed by atoms with van der Waals surface area (Å²) in [5.74, 6) is -2.05. The van der Waals surface area contributed by atoms with Gasteiger partial charge < -0.3 is 30.5 Å². The van der Waals surface area contributed by atoms with Gasteiger partial charge >= 0.3 is 5.97 Å². The molecule has 0 radical (unpaired) electrons. The van der Waals surface area contributed by atoms with E-state index < -0.39 is 29.8 Å². The van der Waals surface area contributed by atoms with Crippen LogP contribution in [0, 0.1) is 5.41 Å². The number of rotatable bonds is 11. The molecular formula is C26H32N4O6. The van der Waals surface area contributed by atoms with E-state index in [2.05, 4.69) is 5.32 Å². The SMILES string of the molecule is COc1ccc(CC(C(=O)C(OC2CCNCC2)C(=O)O)N(C)C(=O)c2ccc(C(=N)N)cc2)cc1. The van der Waals surface area contributed by atoms with Gasteiger partial charge in [0.2, 0.25) is 6.10 Å². The molecule has 1 aliphatic rings. The first-order valence-electron chi connectivity index (χ1n) is 11.7. The fourth-order valence-electron chi connectivity index (χ4n) is 4.10. The molecule has 5 N–H and O–H groups in total. The fourth-order valence-corrected chi connectivity index (χ4v) is 4.10. The van der Waals surface area contributed by atoms with Crippen molar-refractivity contribution in [3.8, 4) is 5.75 Å². The van der Waals surface area contributed by atoms with Crippen molar-refractivity contribution in [1.29, 1.82) is 5.41 Å². The smallest absolute Gasteiger partial charge is 0.340 e. The molecule has 1 aliphatic heterocycles. The molecule has 1 fully saturated rings. The van der Waals surface area contributed by atoms with Crippen molar-refractivity contribution in [1.82, 2.24) is 10.2 Å². The lowest BCUT2D eigenvalue weighted by molar-refractivity contribution is -0.163. The van der Waals surface area contributed by atoms with Crippen molar-refractivity contribution in [2.24, 2.45) is 5.73 Å². The number of amidine groups is 1. The van der Waals surface area contributed by atoms with Crippen LogP contribution < -0.4 is 15.8 Å². The highest BCUT2D eigenvalue weighted by atomic mass is 16.5. The van der Waals surface area contributed by atoms with Crippen molar-refractivity contribution in [2.45, 2.75) is 37.5 Å². The molecule has 2 aromatic rings. The van der Waals surface area contributed by atoms with Gasteiger partial charge in [-0.15, -0.1) is 0 Å². The van der Waals surface area contributed by atoms with Gasteiger partial charge in [0.15, 0.2) is 5.78 Å². The Morgan fingerprint density at radius 3 is 2.19 bits per heavy atom. The molecule has 0 bridgehead atoms. The van der Waals surface area contributed by atoms with E-state index in [4.69, 9.17) is 20.6 Å². The van der Waals surface area contributed by atoms with Crippen LogP contribution in [0.3, 0.4) is 0 Å². The van der Waals surface area contributed by atoms with E-state index in [1.54, 1.807) is 43.5 Å². The summed E-state index contributed by atoms with van der Waals surface area (Å²) in [5.41, 5.74) is 6.96. The predicted molar refractivity (Wildman–Crippen MR) is 133 cm³/mol. The molecule has 0 saturated carbocycles. The fraction of sp³-hybridized carbons (Fsp3) is 0.385. The highest BCUT2D eigenvalue weighted by molar-refractivity contribution is 6.06. The van der Waals surface area contributed by atoms with Crippen molar-refractivity contribution >= 4 is 23.5 Å². The third kappa shape index (κ3) is 6.67. The summed E-state index contributed by atoms with van der Waals surface area (Å²) in [7, 11) is 3.01. The largest absolute Gasteiger partial charge is 0.497 e. The van der Waals surface area contributed by atoms with E-state index in [0.29, 0.717) is 37.2 Å². The number of hydrogen-bond donors (Lipinski definition) is 4. The number of nitrogens with one attached hydrogen (secondary N) is 2. The lowest BCUT2D eigenvalue weighted by Crippen LogP contribution is -2.52. The Morgan fingerprint density at radius 1 is 1.08 bits per heavy atom. The van der Waals surface area contributed by atoms with E-state index in [1.165, 1.54) is 24.1 Å². The Morgan fingerprint density at radius 2 is 1.67 bits per heavy atom. The second-order valence-corrected chi connectivity index (χ2v) is 8.68. The van der Waals surface area contributed by atoms with E-state index >= 15 is 0 Å². The maximum atomic E-state index is 13.6. The monoisotopic (exact) mass is 496 g/mol. The van der Waals surface area contributed by atoms with Crippen LogP contribution in [0.1, 0.15) is 34.3 Å². The second kappa shape index (κ2) is 12.3. The molecule has 3 rings (SSSR count). The molecule has 36 heavy (non-hydrogen) atoms. The predicted octanol–water partition coefficient (Wildman–Crippen LogP) is 1.45. The average Bonchev–Trinajstić information content (AvgIpc) is 2.90. The topological polar surface area (TPSA) is 155 Å². The van der Waals surface area contributed by atoms with E-state index in [1.807, 2.05) is 0 Å². The second-order valence-electron chi connectivity index (χ2n) is 8.68. The first-order chi connectivity index (χ1) is 17.2. The Kier molecular flexibility index (Phi) is 9.15. The van der Waals surface area contributed by atoms with Crippen LogP contribution >= 0.6 is 0 Å². The molecule has 1 saturated heterocycles. The lowest BCUT2D eigenvalue weighted by Gasteiger charge is -2.31. The number of methoxy groups -OCH3 is 1. The Balaban J connectivity index is 1.89. The number of carboxylic acids is 1. The minimum Gasteiger partial charge on any atom is -0.497 e. The number of benzene rings is 2. The number of nitrogens with two attached hydrogens (primary N) is 1. The van der Waals surface area contributed by atoms with Gasteiger partial charge in [-0.1, -0.05) is 24.3 Å². The number of aliphatic carboxylic acids is 1. The van der Waals surface area contributed by atoms with Crippen LogP contribution in [0.4, 0.5) is 0 Å². The molecule has 1 amide bonds. The van der Waals surface area contributed by atoms with Crippen LogP contribution in [-0.2, 0) is 20.7 Å². The van der Waals surface area contributed by atoms with Crippen LogP contribution in [0.25, 0.3) is 0 Å². The van der Waals surface area contributed by atoms with Gasteiger partial charge in [-0.3, -0.25) is 15.0 Å². The van der Waals surface area contributed by atoms with Crippen molar-refractivity contribution in [2.75, 3.05) is 27.2 Å². The summed E-state index contributed by atoms with van der Waals surface area (Å²) in [6.07, 6.45) is -0.782. The molecule has 2 unspecified atom stereocenters. The number of nitrogen functional groups attached to an aromatic ring is 1. The minimum atomic E-state index is -1.70. The third-order valence-electron chi connectivity index (χ3n) is 6.24. The number of Topliss-reactive ketones (excluding diaryl/α,β-unsaturated/α-hetero) is 1. The molecule has 10 nitrogen and oxygen atoms in total. The number of carbonyl (C=O) groups is 3. The highest BCUT2D eigenvalue weighted by Crippen LogP contribution is 2.20. The summed E-state index contributed by atoms with van der Waals surface area (Å²) in [6, 6.07) is 12.0. The zero-order chi connectivity index (χ0) is 26.2. The number of carbonyl (C=O) groups excluding carboxylic acids is 2. The highest BCUT2D eigenvalue weighted by Gasteiger charge is 2.39. The number of ether oxygens (including phenoxy) is 2. The zero-order valence-corrected chi connectivity index (χ0v) is 20.4. The van der Waals surface area contributed by atoms with Gasteiger partial charge in [0, 0.05) is 24.6 Å². The summed E-state index contributed by atoms with van der Waals surface area (Å²) < 4.78 is 11.0. The van der Waals surface area contributed by atoms with Crippen LogP contribution in [0.5, 0.6) is 5.75 Å². The molecule has 1 heterocycles. The number of likely N-dealkylation sites (N-methyl/N-ethyl adjacent to an activating group) is 1. The first-order valence-corrected chi connectivity index (χ1v) is 11.7. The normalized spacial score (nSPS) is 15.5. The molecule has 10 heteroatoms. The van der Waals surface area contributed by atoms with Crippen LogP contribution in [0.2, 0.25) is 0 Å². The van der Waals surface area contributed by atoms with Crippen molar-refractivity contribution in [3.05, 3.63) is 65.2 Å². The van der Waals surface area contributed by atoms with E-state index in [-0.39, 0.29) is 23.9 Å². The van der Waals surface area contributed by atoms with E-state index in [0.717, 1.165) is 5.56 Å². The average molecular weight is 497 g/mol. The van der Waals surface area contributed by atoms with Gasteiger partial charge in [-0.25, -0.2) is 4.79 Å². The molecule has 0 aliphatic carbocycles. The zero-order valence-electron chi connectivity index (χ0n) is 20.4. The first kappa shape index (κ1) is 26.8. The molecule has 192 valence electrons. The summed E-state index contributed by atoms with van der Waals surface area (Å²) >= 11 is 0. The van der Waals surface area contributed by atoms with Gasteiger partial charge in [0.1, 0.15) is 11.6 Å². The van der Waals surface area contributed by atoms with Gasteiger partial charge in [0.25, 0.3) is 5.91 Å². The minimum absolute atomic E-state index is 0.0932. The van der Waals surface area contributed by atoms with Crippen LogP contribution in [0.15, 0.2) is 48.5 Å². The maximum Gasteiger partial charge on any atom is 0.340 e. The molecule has 0 aromatic heterocycles. The molecule has 2 atom stereocenters. The number of nitrogens with zero attached hydrogens (tertiary/aromatic N) is 1. The van der Waals surface area contributed by atoms with Gasteiger partial charge in [-0.2, -0.15) is 0 Å².